The molecule has 170 valence electrons. The van der Waals surface area contributed by atoms with Crippen LogP contribution in [0.3, 0.4) is 0 Å². The van der Waals surface area contributed by atoms with Crippen LogP contribution in [0.15, 0.2) is 89.2 Å². The first-order chi connectivity index (χ1) is 16.5. The van der Waals surface area contributed by atoms with Gasteiger partial charge in [0.1, 0.15) is 18.0 Å². The molecule has 0 unspecified atom stereocenters. The molecule has 2 heterocycles. The quantitative estimate of drug-likeness (QED) is 0.541. The summed E-state index contributed by atoms with van der Waals surface area (Å²) in [5.41, 5.74) is 0.904. The number of ether oxygens (including phenoxy) is 1. The smallest absolute Gasteiger partial charge is 0.263 e. The summed E-state index contributed by atoms with van der Waals surface area (Å²) in [5.74, 6) is -0.0828. The van der Waals surface area contributed by atoms with Gasteiger partial charge in [0.25, 0.3) is 11.8 Å². The van der Waals surface area contributed by atoms with E-state index in [-0.39, 0.29) is 6.54 Å². The van der Waals surface area contributed by atoms with Gasteiger partial charge in [-0.1, -0.05) is 41.1 Å². The minimum absolute atomic E-state index is 0.241. The largest absolute Gasteiger partial charge is 0.457 e. The second-order valence-electron chi connectivity index (χ2n) is 7.67. The average molecular weight is 476 g/mol. The standard InChI is InChI=1S/C24H18ClN5O4/c25-15-5-4-6-17(13-15)30-23(32)21-22(24(30)33)29(28-27-21)14-20(31)26-16-9-11-19(12-10-16)34-18-7-2-1-3-8-18/h1-13,21-22H,14H2,(H,26,31)/t21-,22-/m0/s1. The number of para-hydroxylation sites is 1. The highest BCUT2D eigenvalue weighted by Gasteiger charge is 2.55. The normalized spacial score (nSPS) is 18.9. The molecule has 1 fully saturated rings. The van der Waals surface area contributed by atoms with Crippen molar-refractivity contribution in [3.63, 3.8) is 0 Å². The van der Waals surface area contributed by atoms with Crippen molar-refractivity contribution in [1.82, 2.24) is 5.01 Å². The van der Waals surface area contributed by atoms with E-state index in [0.29, 0.717) is 27.9 Å². The van der Waals surface area contributed by atoms with Crippen LogP contribution in [0.25, 0.3) is 0 Å². The predicted octanol–water partition coefficient (Wildman–Crippen LogP) is 4.06. The topological polar surface area (TPSA) is 104 Å². The minimum Gasteiger partial charge on any atom is -0.457 e. The van der Waals surface area contributed by atoms with E-state index in [0.717, 1.165) is 4.90 Å². The van der Waals surface area contributed by atoms with Crippen LogP contribution in [-0.4, -0.2) is 41.4 Å². The third-order valence-electron chi connectivity index (χ3n) is 5.35. The SMILES string of the molecule is O=C(CN1N=N[C@@H]2C(=O)N(c3cccc(Cl)c3)C(=O)[C@H]21)Nc1ccc(Oc2ccccc2)cc1. The third kappa shape index (κ3) is 4.20. The van der Waals surface area contributed by atoms with Crippen molar-refractivity contribution < 1.29 is 19.1 Å². The van der Waals surface area contributed by atoms with Crippen LogP contribution in [-0.2, 0) is 14.4 Å². The van der Waals surface area contributed by atoms with Crippen LogP contribution in [0.5, 0.6) is 11.5 Å². The molecular weight excluding hydrogens is 458 g/mol. The van der Waals surface area contributed by atoms with E-state index in [1.165, 1.54) is 11.1 Å². The first-order valence-corrected chi connectivity index (χ1v) is 10.8. The predicted molar refractivity (Wildman–Crippen MR) is 125 cm³/mol. The zero-order valence-corrected chi connectivity index (χ0v) is 18.4. The molecule has 0 aromatic heterocycles. The van der Waals surface area contributed by atoms with E-state index in [2.05, 4.69) is 15.7 Å². The summed E-state index contributed by atoms with van der Waals surface area (Å²) in [6.07, 6.45) is 0. The summed E-state index contributed by atoms with van der Waals surface area (Å²) < 4.78 is 5.74. The lowest BCUT2D eigenvalue weighted by Gasteiger charge is -2.20. The lowest BCUT2D eigenvalue weighted by atomic mass is 10.1. The highest BCUT2D eigenvalue weighted by Crippen LogP contribution is 2.32. The van der Waals surface area contributed by atoms with E-state index in [1.807, 2.05) is 30.3 Å². The lowest BCUT2D eigenvalue weighted by molar-refractivity contribution is -0.123. The molecule has 0 bridgehead atoms. The number of imide groups is 1. The second kappa shape index (κ2) is 8.95. The van der Waals surface area contributed by atoms with Gasteiger partial charge in [0.2, 0.25) is 5.91 Å². The van der Waals surface area contributed by atoms with Crippen LogP contribution >= 0.6 is 11.6 Å². The van der Waals surface area contributed by atoms with Crippen LogP contribution in [0.4, 0.5) is 11.4 Å². The van der Waals surface area contributed by atoms with E-state index < -0.39 is 29.8 Å². The van der Waals surface area contributed by atoms with Crippen molar-refractivity contribution in [2.24, 2.45) is 10.3 Å². The maximum Gasteiger partial charge on any atom is 0.263 e. The molecule has 3 aromatic carbocycles. The number of hydrogen-bond donors (Lipinski definition) is 1. The molecule has 2 aliphatic heterocycles. The maximum absolute atomic E-state index is 13.0. The highest BCUT2D eigenvalue weighted by atomic mass is 35.5. The van der Waals surface area contributed by atoms with E-state index in [4.69, 9.17) is 16.3 Å². The second-order valence-corrected chi connectivity index (χ2v) is 8.11. The summed E-state index contributed by atoms with van der Waals surface area (Å²) in [6, 6.07) is 20.7. The Labute approximate surface area is 199 Å². The number of fused-ring (bicyclic) bond motifs is 1. The number of nitrogens with one attached hydrogen (secondary N) is 1. The Morgan fingerprint density at radius 1 is 0.941 bits per heavy atom. The molecule has 0 radical (unpaired) electrons. The number of anilines is 2. The number of rotatable bonds is 6. The molecule has 3 aromatic rings. The Morgan fingerprint density at radius 2 is 1.68 bits per heavy atom. The molecule has 10 heteroatoms. The molecule has 3 amide bonds. The van der Waals surface area contributed by atoms with Crippen molar-refractivity contribution in [2.75, 3.05) is 16.8 Å². The molecular formula is C24H18ClN5O4. The molecule has 2 atom stereocenters. The number of nitrogens with zero attached hydrogens (tertiary/aromatic N) is 4. The Morgan fingerprint density at radius 3 is 2.41 bits per heavy atom. The van der Waals surface area contributed by atoms with E-state index >= 15 is 0 Å². The van der Waals surface area contributed by atoms with Gasteiger partial charge >= 0.3 is 0 Å². The van der Waals surface area contributed by atoms with Gasteiger partial charge in [0.15, 0.2) is 12.1 Å². The van der Waals surface area contributed by atoms with Gasteiger partial charge in [0.05, 0.1) is 5.69 Å². The molecule has 0 saturated carbocycles. The van der Waals surface area contributed by atoms with Crippen LogP contribution in [0.2, 0.25) is 5.02 Å². The average Bonchev–Trinajstić information content (AvgIpc) is 3.35. The van der Waals surface area contributed by atoms with Crippen LogP contribution in [0, 0.1) is 0 Å². The van der Waals surface area contributed by atoms with E-state index in [9.17, 15) is 14.4 Å². The summed E-state index contributed by atoms with van der Waals surface area (Å²) >= 11 is 6.00. The van der Waals surface area contributed by atoms with Gasteiger partial charge in [0, 0.05) is 10.7 Å². The third-order valence-corrected chi connectivity index (χ3v) is 5.58. The fraction of sp³-hybridized carbons (Fsp3) is 0.125. The number of benzene rings is 3. The lowest BCUT2D eigenvalue weighted by Crippen LogP contribution is -2.43. The molecule has 34 heavy (non-hydrogen) atoms. The van der Waals surface area contributed by atoms with Crippen molar-refractivity contribution >= 4 is 40.7 Å². The summed E-state index contributed by atoms with van der Waals surface area (Å²) in [5, 5.41) is 12.2. The number of carbonyl (C=O) groups excluding carboxylic acids is 3. The number of hydrogen-bond acceptors (Lipinski definition) is 7. The summed E-state index contributed by atoms with van der Waals surface area (Å²) in [4.78, 5) is 39.4. The molecule has 0 aliphatic carbocycles. The summed E-state index contributed by atoms with van der Waals surface area (Å²) in [6.45, 7) is -0.241. The highest BCUT2D eigenvalue weighted by molar-refractivity contribution is 6.31. The molecule has 2 aliphatic rings. The Balaban J connectivity index is 1.22. The zero-order chi connectivity index (χ0) is 23.7. The summed E-state index contributed by atoms with van der Waals surface area (Å²) in [7, 11) is 0. The van der Waals surface area contributed by atoms with Gasteiger partial charge in [-0.2, -0.15) is 5.11 Å². The first-order valence-electron chi connectivity index (χ1n) is 10.4. The molecule has 1 N–H and O–H groups in total. The maximum atomic E-state index is 13.0. The van der Waals surface area contributed by atoms with Gasteiger partial charge < -0.3 is 10.1 Å². The van der Waals surface area contributed by atoms with Crippen molar-refractivity contribution in [1.29, 1.82) is 0 Å². The molecule has 5 rings (SSSR count). The Bertz CT molecular complexity index is 1280. The fourth-order valence-electron chi connectivity index (χ4n) is 3.80. The van der Waals surface area contributed by atoms with Gasteiger partial charge in [-0.15, -0.1) is 0 Å². The van der Waals surface area contributed by atoms with Crippen LogP contribution in [0.1, 0.15) is 0 Å². The zero-order valence-electron chi connectivity index (χ0n) is 17.7. The van der Waals surface area contributed by atoms with E-state index in [1.54, 1.807) is 42.5 Å². The molecule has 0 spiro atoms. The van der Waals surface area contributed by atoms with Gasteiger partial charge in [-0.05, 0) is 54.6 Å². The van der Waals surface area contributed by atoms with Crippen LogP contribution < -0.4 is 15.0 Å². The first kappa shape index (κ1) is 21.6. The molecule has 9 nitrogen and oxygen atoms in total. The minimum atomic E-state index is -0.992. The molecule has 1 saturated heterocycles. The van der Waals surface area contributed by atoms with Crippen molar-refractivity contribution in [3.05, 3.63) is 83.9 Å². The van der Waals surface area contributed by atoms with Gasteiger partial charge in [-0.25, -0.2) is 4.90 Å². The Kier molecular flexibility index (Phi) is 5.69. The Hall–Kier alpha value is -4.24. The number of amides is 3. The van der Waals surface area contributed by atoms with Crippen molar-refractivity contribution in [2.45, 2.75) is 12.1 Å². The van der Waals surface area contributed by atoms with Gasteiger partial charge in [-0.3, -0.25) is 19.4 Å². The number of halogens is 1. The van der Waals surface area contributed by atoms with Crippen molar-refractivity contribution in [3.8, 4) is 11.5 Å². The monoisotopic (exact) mass is 475 g/mol. The fourth-order valence-corrected chi connectivity index (χ4v) is 3.99. The number of carbonyl (C=O) groups is 3.